The number of carbonyl (C=O) groups excluding carboxylic acids is 1. The predicted molar refractivity (Wildman–Crippen MR) is 72.3 cm³/mol. The molecule has 1 aliphatic rings. The van der Waals surface area contributed by atoms with Gasteiger partial charge in [0, 0.05) is 11.5 Å². The standard InChI is InChI=1S/C15H21NO2/c1-10(2)11-4-5-15(18-3)13(8-11)12-6-7-16-9-14(12)17/h4-5,8,10,12,16H,6-7,9H2,1-3H3. The Labute approximate surface area is 109 Å². The molecule has 0 saturated carbocycles. The fraction of sp³-hybridized carbons (Fsp3) is 0.533. The number of ketones is 1. The molecule has 1 heterocycles. The van der Waals surface area contributed by atoms with Crippen LogP contribution in [-0.4, -0.2) is 26.0 Å². The number of nitrogens with one attached hydrogen (secondary N) is 1. The van der Waals surface area contributed by atoms with Gasteiger partial charge in [-0.25, -0.2) is 0 Å². The van der Waals surface area contributed by atoms with Gasteiger partial charge < -0.3 is 10.1 Å². The van der Waals surface area contributed by atoms with E-state index in [1.54, 1.807) is 7.11 Å². The minimum Gasteiger partial charge on any atom is -0.496 e. The van der Waals surface area contributed by atoms with E-state index in [1.807, 2.05) is 6.07 Å². The summed E-state index contributed by atoms with van der Waals surface area (Å²) in [7, 11) is 1.67. The molecule has 1 N–H and O–H groups in total. The van der Waals surface area contributed by atoms with E-state index in [9.17, 15) is 4.79 Å². The lowest BCUT2D eigenvalue weighted by Gasteiger charge is -2.24. The number of piperidine rings is 1. The average molecular weight is 247 g/mol. The quantitative estimate of drug-likeness (QED) is 0.891. The van der Waals surface area contributed by atoms with Crippen molar-refractivity contribution in [3.05, 3.63) is 29.3 Å². The van der Waals surface area contributed by atoms with Crippen molar-refractivity contribution in [1.29, 1.82) is 0 Å². The molecule has 1 atom stereocenters. The zero-order valence-corrected chi connectivity index (χ0v) is 11.3. The van der Waals surface area contributed by atoms with Gasteiger partial charge in [-0.15, -0.1) is 0 Å². The van der Waals surface area contributed by atoms with Crippen LogP contribution in [0, 0.1) is 0 Å². The van der Waals surface area contributed by atoms with Crippen LogP contribution in [0.25, 0.3) is 0 Å². The van der Waals surface area contributed by atoms with Gasteiger partial charge in [-0.1, -0.05) is 26.0 Å². The van der Waals surface area contributed by atoms with Gasteiger partial charge in [0.2, 0.25) is 0 Å². The van der Waals surface area contributed by atoms with Crippen LogP contribution in [0.2, 0.25) is 0 Å². The van der Waals surface area contributed by atoms with Gasteiger partial charge in [-0.2, -0.15) is 0 Å². The molecule has 3 heteroatoms. The SMILES string of the molecule is COc1ccc(C(C)C)cc1C1CCNCC1=O. The molecule has 1 aromatic carbocycles. The van der Waals surface area contributed by atoms with E-state index < -0.39 is 0 Å². The second kappa shape index (κ2) is 5.53. The lowest BCUT2D eigenvalue weighted by molar-refractivity contribution is -0.120. The van der Waals surface area contributed by atoms with Crippen molar-refractivity contribution in [2.45, 2.75) is 32.1 Å². The molecular weight excluding hydrogens is 226 g/mol. The summed E-state index contributed by atoms with van der Waals surface area (Å²) < 4.78 is 5.41. The number of hydrogen-bond acceptors (Lipinski definition) is 3. The fourth-order valence-electron chi connectivity index (χ4n) is 2.46. The van der Waals surface area contributed by atoms with E-state index in [0.29, 0.717) is 12.5 Å². The highest BCUT2D eigenvalue weighted by Crippen LogP contribution is 2.33. The first-order valence-electron chi connectivity index (χ1n) is 6.54. The van der Waals surface area contributed by atoms with Crippen molar-refractivity contribution in [2.75, 3.05) is 20.2 Å². The molecule has 1 aromatic rings. The topological polar surface area (TPSA) is 38.3 Å². The average Bonchev–Trinajstić information content (AvgIpc) is 2.38. The van der Waals surface area contributed by atoms with Crippen LogP contribution in [0.15, 0.2) is 18.2 Å². The first-order valence-corrected chi connectivity index (χ1v) is 6.54. The second-order valence-electron chi connectivity index (χ2n) is 5.14. The van der Waals surface area contributed by atoms with Gasteiger partial charge in [0.05, 0.1) is 13.7 Å². The van der Waals surface area contributed by atoms with E-state index in [4.69, 9.17) is 4.74 Å². The summed E-state index contributed by atoms with van der Waals surface area (Å²) in [6.45, 7) is 5.69. The Morgan fingerprint density at radius 3 is 2.78 bits per heavy atom. The molecule has 0 radical (unpaired) electrons. The maximum atomic E-state index is 12.0. The minimum absolute atomic E-state index is 0.0140. The zero-order chi connectivity index (χ0) is 13.1. The van der Waals surface area contributed by atoms with Crippen molar-refractivity contribution in [3.63, 3.8) is 0 Å². The summed E-state index contributed by atoms with van der Waals surface area (Å²) in [6.07, 6.45) is 0.858. The summed E-state index contributed by atoms with van der Waals surface area (Å²) >= 11 is 0. The Morgan fingerprint density at radius 1 is 1.39 bits per heavy atom. The van der Waals surface area contributed by atoms with E-state index in [2.05, 4.69) is 31.3 Å². The molecule has 1 unspecified atom stereocenters. The van der Waals surface area contributed by atoms with Crippen LogP contribution in [0.1, 0.15) is 43.2 Å². The molecule has 1 saturated heterocycles. The number of hydrogen-bond donors (Lipinski definition) is 1. The summed E-state index contributed by atoms with van der Waals surface area (Å²) in [5.74, 6) is 1.55. The van der Waals surface area contributed by atoms with Crippen molar-refractivity contribution in [2.24, 2.45) is 0 Å². The summed E-state index contributed by atoms with van der Waals surface area (Å²) in [4.78, 5) is 12.0. The lowest BCUT2D eigenvalue weighted by Crippen LogP contribution is -2.35. The maximum absolute atomic E-state index is 12.0. The Hall–Kier alpha value is -1.35. The van der Waals surface area contributed by atoms with E-state index in [0.717, 1.165) is 24.3 Å². The molecule has 0 amide bonds. The number of carbonyl (C=O) groups is 1. The van der Waals surface area contributed by atoms with Crippen LogP contribution >= 0.6 is 0 Å². The van der Waals surface area contributed by atoms with Gasteiger partial charge in [-0.05, 0) is 30.5 Å². The summed E-state index contributed by atoms with van der Waals surface area (Å²) in [5.41, 5.74) is 2.31. The smallest absolute Gasteiger partial charge is 0.154 e. The lowest BCUT2D eigenvalue weighted by atomic mass is 9.86. The van der Waals surface area contributed by atoms with Gasteiger partial charge in [0.1, 0.15) is 5.75 Å². The Bertz CT molecular complexity index is 440. The third-order valence-corrected chi connectivity index (χ3v) is 3.59. The Kier molecular flexibility index (Phi) is 4.02. The van der Waals surface area contributed by atoms with Crippen molar-refractivity contribution >= 4 is 5.78 Å². The third kappa shape index (κ3) is 2.56. The molecule has 2 rings (SSSR count). The number of methoxy groups -OCH3 is 1. The molecular formula is C15H21NO2. The Balaban J connectivity index is 2.39. The molecule has 98 valence electrons. The third-order valence-electron chi connectivity index (χ3n) is 3.59. The van der Waals surface area contributed by atoms with Crippen LogP contribution in [-0.2, 0) is 4.79 Å². The molecule has 1 aliphatic heterocycles. The molecule has 0 bridgehead atoms. The first-order chi connectivity index (χ1) is 8.63. The minimum atomic E-state index is -0.0140. The number of ether oxygens (including phenoxy) is 1. The molecule has 18 heavy (non-hydrogen) atoms. The summed E-state index contributed by atoms with van der Waals surface area (Å²) in [5, 5.41) is 3.12. The number of Topliss-reactive ketones (excluding diaryl/α,β-unsaturated/α-hetero) is 1. The van der Waals surface area contributed by atoms with Crippen molar-refractivity contribution < 1.29 is 9.53 Å². The molecule has 0 aromatic heterocycles. The van der Waals surface area contributed by atoms with Crippen molar-refractivity contribution in [3.8, 4) is 5.75 Å². The molecule has 0 spiro atoms. The van der Waals surface area contributed by atoms with Crippen LogP contribution in [0.4, 0.5) is 0 Å². The molecule has 3 nitrogen and oxygen atoms in total. The van der Waals surface area contributed by atoms with Gasteiger partial charge in [0.25, 0.3) is 0 Å². The summed E-state index contributed by atoms with van der Waals surface area (Å²) in [6, 6.07) is 6.20. The van der Waals surface area contributed by atoms with E-state index >= 15 is 0 Å². The highest BCUT2D eigenvalue weighted by atomic mass is 16.5. The van der Waals surface area contributed by atoms with E-state index in [1.165, 1.54) is 5.56 Å². The van der Waals surface area contributed by atoms with Gasteiger partial charge in [-0.3, -0.25) is 4.79 Å². The van der Waals surface area contributed by atoms with Gasteiger partial charge in [0.15, 0.2) is 5.78 Å². The monoisotopic (exact) mass is 247 g/mol. The highest BCUT2D eigenvalue weighted by molar-refractivity contribution is 5.89. The Morgan fingerprint density at radius 2 is 2.17 bits per heavy atom. The van der Waals surface area contributed by atoms with E-state index in [-0.39, 0.29) is 11.7 Å². The fourth-order valence-corrected chi connectivity index (χ4v) is 2.46. The van der Waals surface area contributed by atoms with Crippen LogP contribution in [0.5, 0.6) is 5.75 Å². The van der Waals surface area contributed by atoms with Crippen LogP contribution in [0.3, 0.4) is 0 Å². The second-order valence-corrected chi connectivity index (χ2v) is 5.14. The van der Waals surface area contributed by atoms with Crippen LogP contribution < -0.4 is 10.1 Å². The van der Waals surface area contributed by atoms with Crippen molar-refractivity contribution in [1.82, 2.24) is 5.32 Å². The molecule has 0 aliphatic carbocycles. The molecule has 1 fully saturated rings. The largest absolute Gasteiger partial charge is 0.496 e. The predicted octanol–water partition coefficient (Wildman–Crippen LogP) is 2.46. The number of benzene rings is 1. The highest BCUT2D eigenvalue weighted by Gasteiger charge is 2.26. The normalized spacial score (nSPS) is 20.2. The van der Waals surface area contributed by atoms with Gasteiger partial charge >= 0.3 is 0 Å². The number of rotatable bonds is 3. The maximum Gasteiger partial charge on any atom is 0.154 e. The first kappa shape index (κ1) is 13.1. The zero-order valence-electron chi connectivity index (χ0n) is 11.3.